The van der Waals surface area contributed by atoms with Crippen molar-refractivity contribution in [2.24, 2.45) is 5.84 Å². The van der Waals surface area contributed by atoms with Crippen LogP contribution in [0.5, 0.6) is 0 Å². The molecular weight excluding hydrogens is 250 g/mol. The number of likely N-dealkylation sites (N-methyl/N-ethyl adjacent to an activating group) is 1. The molecule has 0 saturated heterocycles. The quantitative estimate of drug-likeness (QED) is 0.577. The molecule has 0 aliphatic heterocycles. The standard InChI is InChI=1S/C15H27N5/c1-11-7-10-18-14(16)12(11)13(19-17)15(20(2)3)8-5-4-6-9-15/h7,10,13,19H,4-6,8-9,17H2,1-3H3,(H2,16,18). The van der Waals surface area contributed by atoms with E-state index in [1.54, 1.807) is 6.20 Å². The van der Waals surface area contributed by atoms with Gasteiger partial charge in [-0.1, -0.05) is 19.3 Å². The number of nitrogens with one attached hydrogen (secondary N) is 1. The first-order valence-corrected chi connectivity index (χ1v) is 7.37. The van der Waals surface area contributed by atoms with Crippen molar-refractivity contribution in [3.63, 3.8) is 0 Å². The molecule has 1 aliphatic carbocycles. The number of aromatic nitrogens is 1. The normalized spacial score (nSPS) is 20.1. The zero-order valence-corrected chi connectivity index (χ0v) is 12.8. The predicted molar refractivity (Wildman–Crippen MR) is 83.0 cm³/mol. The van der Waals surface area contributed by atoms with E-state index < -0.39 is 0 Å². The number of hydrogen-bond acceptors (Lipinski definition) is 5. The number of pyridine rings is 1. The van der Waals surface area contributed by atoms with Gasteiger partial charge in [0.2, 0.25) is 0 Å². The zero-order chi connectivity index (χ0) is 14.8. The molecule has 0 radical (unpaired) electrons. The second-order valence-corrected chi connectivity index (χ2v) is 6.09. The Hall–Kier alpha value is -1.17. The van der Waals surface area contributed by atoms with E-state index in [2.05, 4.69) is 36.3 Å². The summed E-state index contributed by atoms with van der Waals surface area (Å²) in [4.78, 5) is 6.57. The molecule has 0 amide bonds. The third kappa shape index (κ3) is 2.53. The fraction of sp³-hybridized carbons (Fsp3) is 0.667. The third-order valence-corrected chi connectivity index (χ3v) is 4.84. The maximum Gasteiger partial charge on any atom is 0.128 e. The highest BCUT2D eigenvalue weighted by atomic mass is 15.3. The topological polar surface area (TPSA) is 80.2 Å². The number of anilines is 1. The van der Waals surface area contributed by atoms with Crippen molar-refractivity contribution in [3.05, 3.63) is 23.4 Å². The van der Waals surface area contributed by atoms with Gasteiger partial charge in [0.15, 0.2) is 0 Å². The first-order chi connectivity index (χ1) is 9.53. The van der Waals surface area contributed by atoms with E-state index >= 15 is 0 Å². The summed E-state index contributed by atoms with van der Waals surface area (Å²) in [6.07, 6.45) is 7.77. The van der Waals surface area contributed by atoms with Gasteiger partial charge < -0.3 is 10.6 Å². The second-order valence-electron chi connectivity index (χ2n) is 6.09. The lowest BCUT2D eigenvalue weighted by Crippen LogP contribution is -2.56. The van der Waals surface area contributed by atoms with E-state index in [0.717, 1.165) is 24.0 Å². The average molecular weight is 277 g/mol. The SMILES string of the molecule is Cc1ccnc(N)c1C(NN)C1(N(C)C)CCCCC1. The minimum Gasteiger partial charge on any atom is -0.383 e. The molecule has 1 heterocycles. The van der Waals surface area contributed by atoms with Gasteiger partial charge in [0.1, 0.15) is 5.82 Å². The van der Waals surface area contributed by atoms with E-state index in [1.165, 1.54) is 19.3 Å². The molecule has 1 atom stereocenters. The van der Waals surface area contributed by atoms with E-state index in [-0.39, 0.29) is 11.6 Å². The number of nitrogen functional groups attached to an aromatic ring is 1. The summed E-state index contributed by atoms with van der Waals surface area (Å²) < 4.78 is 0. The van der Waals surface area contributed by atoms with Gasteiger partial charge in [-0.25, -0.2) is 4.98 Å². The molecule has 0 bridgehead atoms. The van der Waals surface area contributed by atoms with Gasteiger partial charge in [-0.2, -0.15) is 0 Å². The number of hydrazine groups is 1. The van der Waals surface area contributed by atoms with Crippen LogP contribution in [0.4, 0.5) is 5.82 Å². The van der Waals surface area contributed by atoms with Crippen molar-refractivity contribution in [2.75, 3.05) is 19.8 Å². The summed E-state index contributed by atoms with van der Waals surface area (Å²) in [5.74, 6) is 6.52. The Morgan fingerprint density at radius 2 is 1.95 bits per heavy atom. The Kier molecular flexibility index (Phi) is 4.62. The molecule has 1 aromatic rings. The molecule has 0 spiro atoms. The van der Waals surface area contributed by atoms with E-state index in [1.807, 2.05) is 6.07 Å². The molecule has 2 rings (SSSR count). The summed E-state index contributed by atoms with van der Waals surface area (Å²) in [6.45, 7) is 2.07. The van der Waals surface area contributed by atoms with Gasteiger partial charge in [-0.15, -0.1) is 0 Å². The Bertz CT molecular complexity index is 431. The fourth-order valence-electron chi connectivity index (χ4n) is 3.63. The average Bonchev–Trinajstić information content (AvgIpc) is 2.43. The lowest BCUT2D eigenvalue weighted by atomic mass is 9.72. The highest BCUT2D eigenvalue weighted by molar-refractivity contribution is 5.47. The number of nitrogens with zero attached hydrogens (tertiary/aromatic N) is 2. The molecular formula is C15H27N5. The molecule has 5 heteroatoms. The largest absolute Gasteiger partial charge is 0.383 e. The number of aryl methyl sites for hydroxylation is 1. The van der Waals surface area contributed by atoms with Crippen molar-refractivity contribution < 1.29 is 0 Å². The highest BCUT2D eigenvalue weighted by Crippen LogP contribution is 2.43. The van der Waals surface area contributed by atoms with Crippen molar-refractivity contribution in [1.29, 1.82) is 0 Å². The van der Waals surface area contributed by atoms with Gasteiger partial charge in [0, 0.05) is 17.3 Å². The maximum absolute atomic E-state index is 6.14. The molecule has 5 N–H and O–H groups in total. The van der Waals surface area contributed by atoms with Crippen molar-refractivity contribution in [3.8, 4) is 0 Å². The third-order valence-electron chi connectivity index (χ3n) is 4.84. The van der Waals surface area contributed by atoms with Gasteiger partial charge in [-0.3, -0.25) is 11.3 Å². The summed E-state index contributed by atoms with van der Waals surface area (Å²) in [5.41, 5.74) is 11.4. The molecule has 1 fully saturated rings. The lowest BCUT2D eigenvalue weighted by Gasteiger charge is -2.48. The molecule has 1 saturated carbocycles. The summed E-state index contributed by atoms with van der Waals surface area (Å²) in [6, 6.07) is 2.01. The minimum atomic E-state index is 0.00602. The Morgan fingerprint density at radius 3 is 2.45 bits per heavy atom. The van der Waals surface area contributed by atoms with E-state index in [0.29, 0.717) is 5.82 Å². The Morgan fingerprint density at radius 1 is 1.30 bits per heavy atom. The van der Waals surface area contributed by atoms with E-state index in [9.17, 15) is 0 Å². The van der Waals surface area contributed by atoms with E-state index in [4.69, 9.17) is 11.6 Å². The molecule has 1 unspecified atom stereocenters. The molecule has 112 valence electrons. The maximum atomic E-state index is 6.14. The monoisotopic (exact) mass is 277 g/mol. The van der Waals surface area contributed by atoms with Crippen LogP contribution in [-0.2, 0) is 0 Å². The zero-order valence-electron chi connectivity index (χ0n) is 12.8. The number of nitrogens with two attached hydrogens (primary N) is 2. The first kappa shape index (κ1) is 15.2. The van der Waals surface area contributed by atoms with Crippen LogP contribution in [-0.4, -0.2) is 29.5 Å². The van der Waals surface area contributed by atoms with Crippen LogP contribution in [0.15, 0.2) is 12.3 Å². The van der Waals surface area contributed by atoms with Crippen molar-refractivity contribution in [2.45, 2.75) is 50.6 Å². The predicted octanol–water partition coefficient (Wildman–Crippen LogP) is 1.74. The molecule has 1 aromatic heterocycles. The fourth-order valence-corrected chi connectivity index (χ4v) is 3.63. The lowest BCUT2D eigenvalue weighted by molar-refractivity contribution is 0.0563. The molecule has 20 heavy (non-hydrogen) atoms. The van der Waals surface area contributed by atoms with Gasteiger partial charge in [0.25, 0.3) is 0 Å². The Labute approximate surface area is 121 Å². The van der Waals surface area contributed by atoms with Gasteiger partial charge in [0.05, 0.1) is 6.04 Å². The Balaban J connectivity index is 2.48. The summed E-state index contributed by atoms with van der Waals surface area (Å²) >= 11 is 0. The molecule has 0 aromatic carbocycles. The van der Waals surface area contributed by atoms with Crippen LogP contribution in [0, 0.1) is 6.92 Å². The number of rotatable bonds is 4. The summed E-state index contributed by atoms with van der Waals surface area (Å²) in [7, 11) is 4.27. The molecule has 5 nitrogen and oxygen atoms in total. The minimum absolute atomic E-state index is 0.00602. The van der Waals surface area contributed by atoms with Crippen LogP contribution in [0.2, 0.25) is 0 Å². The number of hydrogen-bond donors (Lipinski definition) is 3. The van der Waals surface area contributed by atoms with Crippen LogP contribution in [0.3, 0.4) is 0 Å². The van der Waals surface area contributed by atoms with Crippen LogP contribution in [0.1, 0.15) is 49.3 Å². The van der Waals surface area contributed by atoms with Crippen molar-refractivity contribution >= 4 is 5.82 Å². The van der Waals surface area contributed by atoms with Gasteiger partial charge in [-0.05, 0) is 45.5 Å². The smallest absolute Gasteiger partial charge is 0.128 e. The summed E-state index contributed by atoms with van der Waals surface area (Å²) in [5, 5.41) is 0. The highest BCUT2D eigenvalue weighted by Gasteiger charge is 2.43. The van der Waals surface area contributed by atoms with Crippen LogP contribution in [0.25, 0.3) is 0 Å². The first-order valence-electron chi connectivity index (χ1n) is 7.37. The molecule has 1 aliphatic rings. The second kappa shape index (κ2) is 6.08. The van der Waals surface area contributed by atoms with Crippen molar-refractivity contribution in [1.82, 2.24) is 15.3 Å². The van der Waals surface area contributed by atoms with Crippen LogP contribution >= 0.6 is 0 Å². The van der Waals surface area contributed by atoms with Crippen LogP contribution < -0.4 is 17.0 Å². The van der Waals surface area contributed by atoms with Gasteiger partial charge >= 0.3 is 0 Å².